The van der Waals surface area contributed by atoms with Gasteiger partial charge in [-0.3, -0.25) is 0 Å². The molecule has 5 nitrogen and oxygen atoms in total. The molecule has 0 aromatic carbocycles. The molecule has 0 saturated carbocycles. The first kappa shape index (κ1) is 10.8. The van der Waals surface area contributed by atoms with Crippen LogP contribution in [-0.2, 0) is 0 Å². The maximum absolute atomic E-state index is 5.64. The first-order valence-electron chi connectivity index (χ1n) is 4.72. The van der Waals surface area contributed by atoms with Crippen molar-refractivity contribution in [3.63, 3.8) is 0 Å². The van der Waals surface area contributed by atoms with Gasteiger partial charge in [0.2, 0.25) is 0 Å². The number of aryl methyl sites for hydroxylation is 2. The molecule has 0 saturated heterocycles. The molecule has 0 bridgehead atoms. The first-order chi connectivity index (χ1) is 7.63. The molecule has 0 unspecified atom stereocenters. The van der Waals surface area contributed by atoms with E-state index in [0.29, 0.717) is 16.8 Å². The molecule has 0 radical (unpaired) electrons. The summed E-state index contributed by atoms with van der Waals surface area (Å²) in [5.41, 5.74) is 6.56. The van der Waals surface area contributed by atoms with E-state index in [1.54, 1.807) is 19.2 Å². The van der Waals surface area contributed by atoms with Crippen molar-refractivity contribution < 1.29 is 0 Å². The van der Waals surface area contributed by atoms with Crippen LogP contribution >= 0.6 is 11.8 Å². The van der Waals surface area contributed by atoms with Gasteiger partial charge in [0.1, 0.15) is 16.7 Å². The van der Waals surface area contributed by atoms with Gasteiger partial charge in [0.25, 0.3) is 0 Å². The lowest BCUT2D eigenvalue weighted by molar-refractivity contribution is 0.918. The van der Waals surface area contributed by atoms with E-state index in [4.69, 9.17) is 5.73 Å². The van der Waals surface area contributed by atoms with Crippen molar-refractivity contribution in [2.45, 2.75) is 24.0 Å². The smallest absolute Gasteiger partial charge is 0.194 e. The summed E-state index contributed by atoms with van der Waals surface area (Å²) in [7, 11) is 0. The second-order valence-corrected chi connectivity index (χ2v) is 4.25. The number of nitrogens with two attached hydrogens (primary N) is 1. The van der Waals surface area contributed by atoms with Crippen LogP contribution in [0.4, 0.5) is 5.82 Å². The third kappa shape index (κ3) is 2.66. The topological polar surface area (TPSA) is 77.6 Å². The number of rotatable bonds is 2. The fraction of sp³-hybridized carbons (Fsp3) is 0.200. The molecule has 16 heavy (non-hydrogen) atoms. The summed E-state index contributed by atoms with van der Waals surface area (Å²) in [5.74, 6) is 1.11. The number of hydrogen-bond acceptors (Lipinski definition) is 6. The van der Waals surface area contributed by atoms with Crippen molar-refractivity contribution in [3.8, 4) is 0 Å². The minimum atomic E-state index is 0.461. The van der Waals surface area contributed by atoms with E-state index < -0.39 is 0 Å². The van der Waals surface area contributed by atoms with Gasteiger partial charge in [0.15, 0.2) is 5.16 Å². The van der Waals surface area contributed by atoms with Gasteiger partial charge in [-0.05, 0) is 31.7 Å². The molecule has 2 heterocycles. The molecule has 2 aromatic heterocycles. The molecular formula is C10H11N5S. The molecule has 6 heteroatoms. The van der Waals surface area contributed by atoms with Gasteiger partial charge in [0.05, 0.1) is 0 Å². The Labute approximate surface area is 97.6 Å². The molecule has 0 spiro atoms. The minimum absolute atomic E-state index is 0.461. The van der Waals surface area contributed by atoms with E-state index in [1.807, 2.05) is 13.0 Å². The van der Waals surface area contributed by atoms with Crippen molar-refractivity contribution in [1.29, 1.82) is 0 Å². The number of aromatic nitrogens is 4. The Morgan fingerprint density at radius 3 is 2.69 bits per heavy atom. The molecule has 0 aliphatic carbocycles. The largest absolute Gasteiger partial charge is 0.384 e. The summed E-state index contributed by atoms with van der Waals surface area (Å²) >= 11 is 1.38. The molecule has 0 aliphatic heterocycles. The van der Waals surface area contributed by atoms with Gasteiger partial charge >= 0.3 is 0 Å². The highest BCUT2D eigenvalue weighted by Crippen LogP contribution is 2.23. The average molecular weight is 233 g/mol. The van der Waals surface area contributed by atoms with Gasteiger partial charge in [-0.15, -0.1) is 0 Å². The third-order valence-corrected chi connectivity index (χ3v) is 2.60. The number of anilines is 1. The monoisotopic (exact) mass is 233 g/mol. The van der Waals surface area contributed by atoms with E-state index in [-0.39, 0.29) is 0 Å². The van der Waals surface area contributed by atoms with Crippen LogP contribution in [0.1, 0.15) is 11.5 Å². The van der Waals surface area contributed by atoms with Crippen LogP contribution < -0.4 is 5.73 Å². The van der Waals surface area contributed by atoms with Crippen molar-refractivity contribution in [3.05, 3.63) is 29.8 Å². The summed E-state index contributed by atoms with van der Waals surface area (Å²) in [6.07, 6.45) is 1.72. The van der Waals surface area contributed by atoms with E-state index in [0.717, 1.165) is 10.7 Å². The second kappa shape index (κ2) is 4.44. The molecular weight excluding hydrogens is 222 g/mol. The normalized spacial score (nSPS) is 10.4. The Hall–Kier alpha value is -1.69. The number of hydrogen-bond donors (Lipinski definition) is 1. The molecule has 0 fully saturated rings. The zero-order valence-corrected chi connectivity index (χ0v) is 9.82. The molecule has 2 rings (SSSR count). The Morgan fingerprint density at radius 1 is 1.19 bits per heavy atom. The molecule has 0 atom stereocenters. The lowest BCUT2D eigenvalue weighted by atomic mass is 10.5. The molecule has 0 aliphatic rings. The fourth-order valence-corrected chi connectivity index (χ4v) is 2.03. The molecule has 82 valence electrons. The Kier molecular flexibility index (Phi) is 3.00. The Morgan fingerprint density at radius 2 is 2.00 bits per heavy atom. The van der Waals surface area contributed by atoms with Crippen molar-refractivity contribution in [2.24, 2.45) is 0 Å². The lowest BCUT2D eigenvalue weighted by Gasteiger charge is -2.02. The van der Waals surface area contributed by atoms with Crippen LogP contribution in [0.2, 0.25) is 0 Å². The summed E-state index contributed by atoms with van der Waals surface area (Å²) < 4.78 is 0. The fourth-order valence-electron chi connectivity index (χ4n) is 1.18. The highest BCUT2D eigenvalue weighted by Gasteiger charge is 2.04. The van der Waals surface area contributed by atoms with E-state index in [1.165, 1.54) is 11.8 Å². The zero-order valence-electron chi connectivity index (χ0n) is 9.01. The van der Waals surface area contributed by atoms with Crippen molar-refractivity contribution in [2.75, 3.05) is 5.73 Å². The number of nitrogens with zero attached hydrogens (tertiary/aromatic N) is 4. The quantitative estimate of drug-likeness (QED) is 0.627. The van der Waals surface area contributed by atoms with Gasteiger partial charge in [-0.1, -0.05) is 0 Å². The molecule has 2 N–H and O–H groups in total. The summed E-state index contributed by atoms with van der Waals surface area (Å²) in [4.78, 5) is 16.7. The van der Waals surface area contributed by atoms with Crippen molar-refractivity contribution in [1.82, 2.24) is 19.9 Å². The van der Waals surface area contributed by atoms with Gasteiger partial charge < -0.3 is 5.73 Å². The Balaban J connectivity index is 2.27. The standard InChI is InChI=1S/C10H11N5S/c1-6-3-4-12-10(13-6)16-9-5-8(11)14-7(2)15-9/h3-5H,1-2H3,(H2,11,14,15). The first-order valence-corrected chi connectivity index (χ1v) is 5.54. The molecule has 0 amide bonds. The highest BCUT2D eigenvalue weighted by molar-refractivity contribution is 7.99. The maximum atomic E-state index is 5.64. The average Bonchev–Trinajstić information content (AvgIpc) is 2.15. The number of nitrogen functional groups attached to an aromatic ring is 1. The summed E-state index contributed by atoms with van der Waals surface area (Å²) in [5, 5.41) is 1.42. The van der Waals surface area contributed by atoms with E-state index in [2.05, 4.69) is 19.9 Å². The third-order valence-electron chi connectivity index (χ3n) is 1.80. The second-order valence-electron chi connectivity index (χ2n) is 3.26. The predicted molar refractivity (Wildman–Crippen MR) is 62.1 cm³/mol. The van der Waals surface area contributed by atoms with Crippen LogP contribution in [0, 0.1) is 13.8 Å². The van der Waals surface area contributed by atoms with Crippen LogP contribution in [0.25, 0.3) is 0 Å². The van der Waals surface area contributed by atoms with Gasteiger partial charge in [-0.25, -0.2) is 19.9 Å². The van der Waals surface area contributed by atoms with Crippen LogP contribution in [0.3, 0.4) is 0 Å². The Bertz CT molecular complexity index is 494. The predicted octanol–water partition coefficient (Wildman–Crippen LogP) is 1.62. The SMILES string of the molecule is Cc1ccnc(Sc2cc(N)nc(C)n2)n1. The zero-order chi connectivity index (χ0) is 11.5. The van der Waals surface area contributed by atoms with E-state index >= 15 is 0 Å². The van der Waals surface area contributed by atoms with Crippen LogP contribution in [0.5, 0.6) is 0 Å². The van der Waals surface area contributed by atoms with Gasteiger partial charge in [-0.2, -0.15) is 0 Å². The van der Waals surface area contributed by atoms with Crippen LogP contribution in [-0.4, -0.2) is 19.9 Å². The maximum Gasteiger partial charge on any atom is 0.194 e. The van der Waals surface area contributed by atoms with Crippen molar-refractivity contribution >= 4 is 17.6 Å². The summed E-state index contributed by atoms with van der Waals surface area (Å²) in [6.45, 7) is 3.73. The van der Waals surface area contributed by atoms with Crippen LogP contribution in [0.15, 0.2) is 28.5 Å². The minimum Gasteiger partial charge on any atom is -0.384 e. The lowest BCUT2D eigenvalue weighted by Crippen LogP contribution is -1.97. The van der Waals surface area contributed by atoms with E-state index in [9.17, 15) is 0 Å². The van der Waals surface area contributed by atoms with Gasteiger partial charge in [0, 0.05) is 18.0 Å². The summed E-state index contributed by atoms with van der Waals surface area (Å²) in [6, 6.07) is 3.56. The highest BCUT2D eigenvalue weighted by atomic mass is 32.2. The molecule has 2 aromatic rings.